The Kier molecular flexibility index (Phi) is 2.33. The molecule has 1 heteroatoms. The first-order chi connectivity index (χ1) is 6.20. The highest BCUT2D eigenvalue weighted by atomic mass is 35.5. The van der Waals surface area contributed by atoms with Gasteiger partial charge in [-0.05, 0) is 35.8 Å². The van der Waals surface area contributed by atoms with Crippen LogP contribution in [0.2, 0.25) is 5.02 Å². The van der Waals surface area contributed by atoms with Gasteiger partial charge in [0.2, 0.25) is 0 Å². The Morgan fingerprint density at radius 2 is 2.00 bits per heavy atom. The summed E-state index contributed by atoms with van der Waals surface area (Å²) in [6.45, 7) is 4.38. The molecule has 0 unspecified atom stereocenters. The van der Waals surface area contributed by atoms with Crippen LogP contribution >= 0.6 is 11.6 Å². The fourth-order valence-electron chi connectivity index (χ4n) is 1.72. The molecule has 2 rings (SSSR count). The molecule has 1 aromatic carbocycles. The zero-order chi connectivity index (χ0) is 9.42. The minimum atomic E-state index is 0.534. The van der Waals surface area contributed by atoms with Crippen molar-refractivity contribution in [3.8, 4) is 0 Å². The first kappa shape index (κ1) is 9.08. The predicted molar refractivity (Wildman–Crippen MR) is 57.5 cm³/mol. The molecule has 0 heterocycles. The maximum Gasteiger partial charge on any atom is 0.0475 e. The highest BCUT2D eigenvalue weighted by molar-refractivity contribution is 6.32. The van der Waals surface area contributed by atoms with Crippen molar-refractivity contribution in [3.05, 3.63) is 34.3 Å². The van der Waals surface area contributed by atoms with Gasteiger partial charge in [-0.3, -0.25) is 0 Å². The van der Waals surface area contributed by atoms with E-state index in [1.165, 1.54) is 24.0 Å². The molecule has 0 aromatic heterocycles. The third kappa shape index (κ3) is 1.73. The van der Waals surface area contributed by atoms with Crippen LogP contribution in [0.4, 0.5) is 0 Å². The molecular weight excluding hydrogens is 180 g/mol. The molecule has 13 heavy (non-hydrogen) atoms. The molecule has 1 aliphatic carbocycles. The van der Waals surface area contributed by atoms with Crippen LogP contribution in [0.5, 0.6) is 0 Å². The lowest BCUT2D eigenvalue weighted by Crippen LogP contribution is -1.92. The van der Waals surface area contributed by atoms with Crippen LogP contribution in [-0.2, 0) is 0 Å². The second-order valence-electron chi connectivity index (χ2n) is 4.18. The van der Waals surface area contributed by atoms with Gasteiger partial charge in [0.25, 0.3) is 0 Å². The maximum atomic E-state index is 6.34. The molecule has 1 fully saturated rings. The first-order valence-corrected chi connectivity index (χ1v) is 5.36. The Labute approximate surface area is 84.9 Å². The fraction of sp³-hybridized carbons (Fsp3) is 0.500. The third-order valence-corrected chi connectivity index (χ3v) is 3.13. The quantitative estimate of drug-likeness (QED) is 0.657. The van der Waals surface area contributed by atoms with E-state index in [9.17, 15) is 0 Å². The van der Waals surface area contributed by atoms with Gasteiger partial charge in [0.15, 0.2) is 0 Å². The summed E-state index contributed by atoms with van der Waals surface area (Å²) in [5.74, 6) is 1.29. The van der Waals surface area contributed by atoms with Crippen molar-refractivity contribution >= 4 is 11.6 Å². The zero-order valence-corrected chi connectivity index (χ0v) is 8.93. The first-order valence-electron chi connectivity index (χ1n) is 4.98. The molecule has 0 N–H and O–H groups in total. The number of rotatable bonds is 2. The molecule has 0 saturated heterocycles. The van der Waals surface area contributed by atoms with E-state index < -0.39 is 0 Å². The van der Waals surface area contributed by atoms with Crippen molar-refractivity contribution in [2.24, 2.45) is 0 Å². The summed E-state index contributed by atoms with van der Waals surface area (Å²) in [4.78, 5) is 0. The molecule has 0 spiro atoms. The van der Waals surface area contributed by atoms with Gasteiger partial charge in [0.1, 0.15) is 0 Å². The summed E-state index contributed by atoms with van der Waals surface area (Å²) in [5, 5.41) is 1.01. The van der Waals surface area contributed by atoms with Crippen LogP contribution in [0, 0.1) is 0 Å². The molecule has 0 amide bonds. The van der Waals surface area contributed by atoms with Gasteiger partial charge < -0.3 is 0 Å². The molecule has 1 aromatic rings. The summed E-state index contributed by atoms with van der Waals surface area (Å²) < 4.78 is 0. The number of hydrogen-bond donors (Lipinski definition) is 0. The molecular formula is C12H15Cl. The van der Waals surface area contributed by atoms with Gasteiger partial charge in [-0.25, -0.2) is 0 Å². The van der Waals surface area contributed by atoms with Crippen LogP contribution in [-0.4, -0.2) is 0 Å². The number of halogens is 1. The molecule has 70 valence electrons. The van der Waals surface area contributed by atoms with Crippen LogP contribution in [0.1, 0.15) is 49.7 Å². The van der Waals surface area contributed by atoms with Crippen molar-refractivity contribution in [1.82, 2.24) is 0 Å². The Morgan fingerprint density at radius 3 is 2.54 bits per heavy atom. The van der Waals surface area contributed by atoms with Crippen LogP contribution in [0.25, 0.3) is 0 Å². The lowest BCUT2D eigenvalue weighted by atomic mass is 9.99. The lowest BCUT2D eigenvalue weighted by Gasteiger charge is -2.11. The van der Waals surface area contributed by atoms with Gasteiger partial charge in [-0.2, -0.15) is 0 Å². The summed E-state index contributed by atoms with van der Waals surface area (Å²) in [6.07, 6.45) is 2.64. The van der Waals surface area contributed by atoms with Gasteiger partial charge >= 0.3 is 0 Å². The van der Waals surface area contributed by atoms with E-state index in [-0.39, 0.29) is 0 Å². The highest BCUT2D eigenvalue weighted by Crippen LogP contribution is 2.44. The smallest absolute Gasteiger partial charge is 0.0475 e. The summed E-state index contributed by atoms with van der Waals surface area (Å²) in [5.41, 5.74) is 2.67. The summed E-state index contributed by atoms with van der Waals surface area (Å²) >= 11 is 6.34. The van der Waals surface area contributed by atoms with E-state index in [0.29, 0.717) is 5.92 Å². The predicted octanol–water partition coefficient (Wildman–Crippen LogP) is 4.34. The fourth-order valence-corrected chi connectivity index (χ4v) is 2.22. The monoisotopic (exact) mass is 194 g/mol. The van der Waals surface area contributed by atoms with E-state index in [1.54, 1.807) is 0 Å². The third-order valence-electron chi connectivity index (χ3n) is 2.70. The van der Waals surface area contributed by atoms with Crippen LogP contribution in [0.15, 0.2) is 18.2 Å². The van der Waals surface area contributed by atoms with E-state index in [1.807, 2.05) is 0 Å². The average molecular weight is 195 g/mol. The van der Waals surface area contributed by atoms with E-state index in [4.69, 9.17) is 11.6 Å². The van der Waals surface area contributed by atoms with Crippen molar-refractivity contribution in [2.75, 3.05) is 0 Å². The average Bonchev–Trinajstić information content (AvgIpc) is 2.87. The topological polar surface area (TPSA) is 0 Å². The minimum absolute atomic E-state index is 0.534. The Balaban J connectivity index is 2.41. The maximum absolute atomic E-state index is 6.34. The molecule has 0 bridgehead atoms. The highest BCUT2D eigenvalue weighted by Gasteiger charge is 2.26. The number of hydrogen-bond acceptors (Lipinski definition) is 0. The lowest BCUT2D eigenvalue weighted by molar-refractivity contribution is 0.862. The molecule has 1 saturated carbocycles. The van der Waals surface area contributed by atoms with Crippen molar-refractivity contribution < 1.29 is 0 Å². The van der Waals surface area contributed by atoms with Crippen LogP contribution < -0.4 is 0 Å². The molecule has 0 radical (unpaired) electrons. The SMILES string of the molecule is CC(C)c1cccc(C2CC2)c1Cl. The Morgan fingerprint density at radius 1 is 1.31 bits per heavy atom. The van der Waals surface area contributed by atoms with Gasteiger partial charge in [0.05, 0.1) is 0 Å². The normalized spacial score (nSPS) is 16.6. The standard InChI is InChI=1S/C12H15Cl/c1-8(2)10-4-3-5-11(12(10)13)9-6-7-9/h3-5,8-9H,6-7H2,1-2H3. The van der Waals surface area contributed by atoms with E-state index >= 15 is 0 Å². The summed E-state index contributed by atoms with van der Waals surface area (Å²) in [7, 11) is 0. The van der Waals surface area contributed by atoms with Crippen molar-refractivity contribution in [1.29, 1.82) is 0 Å². The van der Waals surface area contributed by atoms with E-state index in [0.717, 1.165) is 10.9 Å². The molecule has 0 atom stereocenters. The Hall–Kier alpha value is -0.490. The van der Waals surface area contributed by atoms with Gasteiger partial charge in [-0.15, -0.1) is 0 Å². The second kappa shape index (κ2) is 3.34. The van der Waals surface area contributed by atoms with Crippen LogP contribution in [0.3, 0.4) is 0 Å². The zero-order valence-electron chi connectivity index (χ0n) is 8.18. The van der Waals surface area contributed by atoms with Gasteiger partial charge in [0, 0.05) is 5.02 Å². The Bertz CT molecular complexity index is 291. The van der Waals surface area contributed by atoms with E-state index in [2.05, 4.69) is 32.0 Å². The second-order valence-corrected chi connectivity index (χ2v) is 4.56. The molecule has 1 aliphatic rings. The van der Waals surface area contributed by atoms with Crippen molar-refractivity contribution in [2.45, 2.75) is 38.5 Å². The van der Waals surface area contributed by atoms with Gasteiger partial charge in [-0.1, -0.05) is 43.6 Å². The minimum Gasteiger partial charge on any atom is -0.0837 e. The molecule has 0 aliphatic heterocycles. The summed E-state index contributed by atoms with van der Waals surface area (Å²) in [6, 6.07) is 6.44. The van der Waals surface area contributed by atoms with Crippen molar-refractivity contribution in [3.63, 3.8) is 0 Å². The largest absolute Gasteiger partial charge is 0.0837 e. The molecule has 0 nitrogen and oxygen atoms in total. The number of benzene rings is 1.